The molecule has 0 saturated heterocycles. The van der Waals surface area contributed by atoms with Crippen LogP contribution < -0.4 is 0 Å². The molecule has 1 aliphatic heterocycles. The molecule has 15 heavy (non-hydrogen) atoms. The molecule has 3 rings (SSSR count). The first-order valence-corrected chi connectivity index (χ1v) is 5.13. The van der Waals surface area contributed by atoms with Crippen molar-refractivity contribution >= 4 is 11.0 Å². The van der Waals surface area contributed by atoms with Gasteiger partial charge < -0.3 is 14.8 Å². The summed E-state index contributed by atoms with van der Waals surface area (Å²) in [5, 5.41) is 19.2. The Morgan fingerprint density at radius 1 is 1.40 bits per heavy atom. The molecule has 4 heteroatoms. The van der Waals surface area contributed by atoms with Crippen molar-refractivity contribution in [3.63, 3.8) is 0 Å². The van der Waals surface area contributed by atoms with E-state index in [1.54, 1.807) is 18.2 Å². The lowest BCUT2D eigenvalue weighted by atomic mass is 10.1. The lowest BCUT2D eigenvalue weighted by Gasteiger charge is -2.19. The van der Waals surface area contributed by atoms with Gasteiger partial charge in [0, 0.05) is 12.6 Å². The van der Waals surface area contributed by atoms with Crippen molar-refractivity contribution < 1.29 is 10.2 Å². The van der Waals surface area contributed by atoms with E-state index in [-0.39, 0.29) is 5.75 Å². The van der Waals surface area contributed by atoms with E-state index in [1.165, 1.54) is 0 Å². The molecule has 0 bridgehead atoms. The molecule has 2 heterocycles. The highest BCUT2D eigenvalue weighted by Gasteiger charge is 2.21. The van der Waals surface area contributed by atoms with Crippen molar-refractivity contribution in [1.29, 1.82) is 0 Å². The number of phenols is 1. The quantitative estimate of drug-likeness (QED) is 0.684. The molecule has 1 aromatic carbocycles. The Morgan fingerprint density at radius 3 is 3.13 bits per heavy atom. The minimum absolute atomic E-state index is 0.241. The van der Waals surface area contributed by atoms with E-state index in [9.17, 15) is 10.2 Å². The second-order valence-corrected chi connectivity index (χ2v) is 3.95. The molecule has 2 N–H and O–H groups in total. The van der Waals surface area contributed by atoms with E-state index in [0.717, 1.165) is 36.2 Å². The minimum atomic E-state index is -0.465. The molecule has 2 aromatic rings. The van der Waals surface area contributed by atoms with Crippen LogP contribution in [0.5, 0.6) is 5.75 Å². The summed E-state index contributed by atoms with van der Waals surface area (Å²) in [6.45, 7) is 0.867. The minimum Gasteiger partial charge on any atom is -0.508 e. The summed E-state index contributed by atoms with van der Waals surface area (Å²) in [7, 11) is 0. The van der Waals surface area contributed by atoms with Crippen LogP contribution in [0.15, 0.2) is 18.2 Å². The Balaban J connectivity index is 2.31. The predicted octanol–water partition coefficient (Wildman–Crippen LogP) is 1.57. The fourth-order valence-corrected chi connectivity index (χ4v) is 2.19. The first-order valence-electron chi connectivity index (χ1n) is 5.13. The highest BCUT2D eigenvalue weighted by atomic mass is 16.3. The van der Waals surface area contributed by atoms with Crippen LogP contribution in [0, 0.1) is 0 Å². The van der Waals surface area contributed by atoms with Gasteiger partial charge in [-0.1, -0.05) is 0 Å². The number of phenolic OH excluding ortho intramolecular Hbond substituents is 1. The topological polar surface area (TPSA) is 58.3 Å². The molecule has 0 fully saturated rings. The summed E-state index contributed by atoms with van der Waals surface area (Å²) in [5.41, 5.74) is 1.74. The maximum atomic E-state index is 9.79. The number of hydrogen-bond donors (Lipinski definition) is 2. The molecular weight excluding hydrogens is 192 g/mol. The number of aryl methyl sites for hydroxylation is 1. The maximum Gasteiger partial charge on any atom is 0.138 e. The summed E-state index contributed by atoms with van der Waals surface area (Å²) >= 11 is 0. The Morgan fingerprint density at radius 2 is 2.27 bits per heavy atom. The van der Waals surface area contributed by atoms with E-state index in [4.69, 9.17) is 0 Å². The van der Waals surface area contributed by atoms with E-state index in [1.807, 2.05) is 4.57 Å². The van der Waals surface area contributed by atoms with Gasteiger partial charge in [0.2, 0.25) is 0 Å². The van der Waals surface area contributed by atoms with Gasteiger partial charge in [0.05, 0.1) is 11.0 Å². The van der Waals surface area contributed by atoms with Crippen LogP contribution in [0.25, 0.3) is 11.0 Å². The van der Waals surface area contributed by atoms with Gasteiger partial charge in [0.15, 0.2) is 0 Å². The zero-order chi connectivity index (χ0) is 10.4. The van der Waals surface area contributed by atoms with E-state index in [0.29, 0.717) is 0 Å². The summed E-state index contributed by atoms with van der Waals surface area (Å²) in [5.74, 6) is 0.965. The van der Waals surface area contributed by atoms with Crippen molar-refractivity contribution in [2.24, 2.45) is 0 Å². The summed E-state index contributed by atoms with van der Waals surface area (Å²) in [4.78, 5) is 4.38. The molecule has 0 aliphatic carbocycles. The molecule has 0 spiro atoms. The molecule has 1 aliphatic rings. The number of imidazole rings is 1. The zero-order valence-corrected chi connectivity index (χ0v) is 8.22. The molecule has 1 aromatic heterocycles. The van der Waals surface area contributed by atoms with Gasteiger partial charge in [-0.15, -0.1) is 0 Å². The van der Waals surface area contributed by atoms with Crippen LogP contribution in [0.2, 0.25) is 0 Å². The molecular formula is C11H12N2O2. The second-order valence-electron chi connectivity index (χ2n) is 3.95. The molecule has 0 radical (unpaired) electrons. The van der Waals surface area contributed by atoms with Gasteiger partial charge >= 0.3 is 0 Å². The largest absolute Gasteiger partial charge is 0.508 e. The highest BCUT2D eigenvalue weighted by molar-refractivity contribution is 5.77. The maximum absolute atomic E-state index is 9.79. The molecule has 0 saturated carbocycles. The number of rotatable bonds is 0. The molecule has 1 unspecified atom stereocenters. The summed E-state index contributed by atoms with van der Waals surface area (Å²) in [6.07, 6.45) is 1.26. The lowest BCUT2D eigenvalue weighted by molar-refractivity contribution is 0.135. The van der Waals surface area contributed by atoms with Gasteiger partial charge in [-0.3, -0.25) is 0 Å². The van der Waals surface area contributed by atoms with Crippen molar-refractivity contribution in [3.8, 4) is 5.75 Å². The van der Waals surface area contributed by atoms with Crippen LogP contribution in [-0.2, 0) is 6.54 Å². The standard InChI is InChI=1S/C11H12N2O2/c14-7-3-4-8-9(6-7)13-5-1-2-10(15)11(13)12-8/h3-4,6,10,14-15H,1-2,5H2. The van der Waals surface area contributed by atoms with Gasteiger partial charge in [0.25, 0.3) is 0 Å². The van der Waals surface area contributed by atoms with Crippen LogP contribution in [-0.4, -0.2) is 19.8 Å². The van der Waals surface area contributed by atoms with E-state index >= 15 is 0 Å². The average Bonchev–Trinajstić information content (AvgIpc) is 2.58. The fraction of sp³-hybridized carbons (Fsp3) is 0.364. The number of aromatic hydroxyl groups is 1. The third-order valence-corrected chi connectivity index (χ3v) is 2.92. The Kier molecular flexibility index (Phi) is 1.73. The molecule has 78 valence electrons. The number of benzene rings is 1. The number of aliphatic hydroxyl groups is 1. The Labute approximate surface area is 86.8 Å². The Hall–Kier alpha value is -1.55. The lowest BCUT2D eigenvalue weighted by Crippen LogP contribution is -2.15. The third-order valence-electron chi connectivity index (χ3n) is 2.92. The van der Waals surface area contributed by atoms with E-state index < -0.39 is 6.10 Å². The first-order chi connectivity index (χ1) is 7.25. The van der Waals surface area contributed by atoms with Crippen LogP contribution >= 0.6 is 0 Å². The number of aliphatic hydroxyl groups excluding tert-OH is 1. The second kappa shape index (κ2) is 2.97. The van der Waals surface area contributed by atoms with Gasteiger partial charge in [-0.05, 0) is 25.0 Å². The van der Waals surface area contributed by atoms with Gasteiger partial charge in [-0.25, -0.2) is 4.98 Å². The molecule has 1 atom stereocenters. The van der Waals surface area contributed by atoms with Gasteiger partial charge in [-0.2, -0.15) is 0 Å². The van der Waals surface area contributed by atoms with Crippen LogP contribution in [0.1, 0.15) is 24.8 Å². The zero-order valence-electron chi connectivity index (χ0n) is 8.22. The SMILES string of the molecule is Oc1ccc2nc3n(c2c1)CCCC3O. The highest BCUT2D eigenvalue weighted by Crippen LogP contribution is 2.29. The van der Waals surface area contributed by atoms with Crippen LogP contribution in [0.3, 0.4) is 0 Å². The molecule has 0 amide bonds. The number of hydrogen-bond acceptors (Lipinski definition) is 3. The Bertz CT molecular complexity index is 519. The summed E-state index contributed by atoms with van der Waals surface area (Å²) in [6, 6.07) is 5.10. The first kappa shape index (κ1) is 8.73. The monoisotopic (exact) mass is 204 g/mol. The summed E-state index contributed by atoms with van der Waals surface area (Å²) < 4.78 is 1.99. The predicted molar refractivity (Wildman–Crippen MR) is 55.6 cm³/mol. The number of fused-ring (bicyclic) bond motifs is 3. The van der Waals surface area contributed by atoms with Crippen LogP contribution in [0.4, 0.5) is 0 Å². The molecule has 4 nitrogen and oxygen atoms in total. The third kappa shape index (κ3) is 1.22. The fourth-order valence-electron chi connectivity index (χ4n) is 2.19. The van der Waals surface area contributed by atoms with Crippen molar-refractivity contribution in [3.05, 3.63) is 24.0 Å². The smallest absolute Gasteiger partial charge is 0.138 e. The number of nitrogens with zero attached hydrogens (tertiary/aromatic N) is 2. The van der Waals surface area contributed by atoms with Crippen molar-refractivity contribution in [1.82, 2.24) is 9.55 Å². The van der Waals surface area contributed by atoms with Crippen molar-refractivity contribution in [2.45, 2.75) is 25.5 Å². The van der Waals surface area contributed by atoms with Gasteiger partial charge in [0.1, 0.15) is 17.7 Å². The normalized spacial score (nSPS) is 20.5. The van der Waals surface area contributed by atoms with E-state index in [2.05, 4.69) is 4.98 Å². The average molecular weight is 204 g/mol. The van der Waals surface area contributed by atoms with Crippen molar-refractivity contribution in [2.75, 3.05) is 0 Å². The number of aromatic nitrogens is 2.